The molecule has 1 aliphatic rings. The first-order valence-corrected chi connectivity index (χ1v) is 7.12. The number of nitrogens with zero attached hydrogens (tertiary/aromatic N) is 1. The Labute approximate surface area is 96.7 Å². The summed E-state index contributed by atoms with van der Waals surface area (Å²) in [5.41, 5.74) is 0. The molecular formula is C7H10NO4PS2. The minimum absolute atomic E-state index is 0.0354. The summed E-state index contributed by atoms with van der Waals surface area (Å²) in [4.78, 5) is 30.6. The van der Waals surface area contributed by atoms with Gasteiger partial charge in [0.2, 0.25) is 0 Å². The molecule has 2 N–H and O–H groups in total. The van der Waals surface area contributed by atoms with Crippen molar-refractivity contribution in [3.63, 3.8) is 0 Å². The van der Waals surface area contributed by atoms with Gasteiger partial charge < -0.3 is 9.79 Å². The van der Waals surface area contributed by atoms with Crippen molar-refractivity contribution >= 4 is 41.8 Å². The number of thioether (sulfide) groups is 1. The number of carbonyl (C=O) groups is 1. The third-order valence-corrected chi connectivity index (χ3v) is 4.03. The highest BCUT2D eigenvalue weighted by Gasteiger charge is 2.32. The minimum atomic E-state index is -4.08. The summed E-state index contributed by atoms with van der Waals surface area (Å²) in [7, 11) is -4.08. The molecule has 15 heavy (non-hydrogen) atoms. The van der Waals surface area contributed by atoms with E-state index in [0.29, 0.717) is 9.23 Å². The summed E-state index contributed by atoms with van der Waals surface area (Å²) in [6, 6.07) is 0. The van der Waals surface area contributed by atoms with Gasteiger partial charge in [-0.1, -0.05) is 30.1 Å². The molecule has 0 spiro atoms. The van der Waals surface area contributed by atoms with Crippen LogP contribution in [0.25, 0.3) is 0 Å². The molecule has 0 aromatic heterocycles. The Bertz CT molecular complexity index is 375. The second-order valence-corrected chi connectivity index (χ2v) is 6.32. The maximum atomic E-state index is 11.6. The molecule has 84 valence electrons. The van der Waals surface area contributed by atoms with Crippen LogP contribution in [0.4, 0.5) is 0 Å². The SMILES string of the molecule is CC=C1SC(=S)N(CCP(=O)(O)O)C1=O. The van der Waals surface area contributed by atoms with Crippen LogP contribution in [0.2, 0.25) is 0 Å². The van der Waals surface area contributed by atoms with Crippen LogP contribution in [-0.4, -0.2) is 37.6 Å². The molecule has 1 rings (SSSR count). The van der Waals surface area contributed by atoms with E-state index < -0.39 is 7.60 Å². The molecule has 0 aromatic carbocycles. The molecular weight excluding hydrogens is 257 g/mol. The van der Waals surface area contributed by atoms with E-state index >= 15 is 0 Å². The van der Waals surface area contributed by atoms with Crippen molar-refractivity contribution in [3.05, 3.63) is 11.0 Å². The lowest BCUT2D eigenvalue weighted by Gasteiger charge is -2.14. The Hall–Kier alpha value is -0.200. The molecule has 0 bridgehead atoms. The molecule has 0 saturated carbocycles. The van der Waals surface area contributed by atoms with E-state index in [-0.39, 0.29) is 18.6 Å². The highest BCUT2D eigenvalue weighted by atomic mass is 32.2. The van der Waals surface area contributed by atoms with Crippen molar-refractivity contribution in [2.75, 3.05) is 12.7 Å². The van der Waals surface area contributed by atoms with E-state index in [9.17, 15) is 9.36 Å². The average Bonchev–Trinajstić information content (AvgIpc) is 2.37. The van der Waals surface area contributed by atoms with E-state index in [1.807, 2.05) is 0 Å². The van der Waals surface area contributed by atoms with E-state index in [1.54, 1.807) is 13.0 Å². The first-order valence-electron chi connectivity index (χ1n) is 4.09. The molecule has 0 radical (unpaired) electrons. The number of carbonyl (C=O) groups excluding carboxylic acids is 1. The van der Waals surface area contributed by atoms with Crippen molar-refractivity contribution < 1.29 is 19.1 Å². The molecule has 0 atom stereocenters. The number of hydrogen-bond acceptors (Lipinski definition) is 4. The van der Waals surface area contributed by atoms with Crippen molar-refractivity contribution in [2.24, 2.45) is 0 Å². The molecule has 1 fully saturated rings. The normalized spacial score (nSPS) is 20.5. The molecule has 5 nitrogen and oxygen atoms in total. The first-order chi connectivity index (χ1) is 6.85. The molecule has 1 saturated heterocycles. The Balaban J connectivity index is 2.68. The number of amides is 1. The van der Waals surface area contributed by atoms with E-state index in [4.69, 9.17) is 22.0 Å². The maximum Gasteiger partial charge on any atom is 0.327 e. The summed E-state index contributed by atoms with van der Waals surface area (Å²) >= 11 is 6.07. The van der Waals surface area contributed by atoms with Crippen LogP contribution in [0.15, 0.2) is 11.0 Å². The lowest BCUT2D eigenvalue weighted by molar-refractivity contribution is -0.122. The third-order valence-electron chi connectivity index (χ3n) is 1.75. The van der Waals surface area contributed by atoms with Gasteiger partial charge in [0.25, 0.3) is 5.91 Å². The minimum Gasteiger partial charge on any atom is -0.324 e. The molecule has 0 aromatic rings. The summed E-state index contributed by atoms with van der Waals surface area (Å²) in [6.45, 7) is 1.68. The summed E-state index contributed by atoms with van der Waals surface area (Å²) in [5.74, 6) is -0.277. The van der Waals surface area contributed by atoms with Gasteiger partial charge in [-0.25, -0.2) is 0 Å². The fourth-order valence-electron chi connectivity index (χ4n) is 1.01. The van der Waals surface area contributed by atoms with Gasteiger partial charge in [-0.3, -0.25) is 14.3 Å². The summed E-state index contributed by atoms with van der Waals surface area (Å²) in [6.07, 6.45) is 1.27. The van der Waals surface area contributed by atoms with Gasteiger partial charge in [0, 0.05) is 6.54 Å². The lowest BCUT2D eigenvalue weighted by atomic mass is 10.4. The van der Waals surface area contributed by atoms with Crippen molar-refractivity contribution in [3.8, 4) is 0 Å². The second kappa shape index (κ2) is 4.76. The zero-order valence-electron chi connectivity index (χ0n) is 7.91. The highest BCUT2D eigenvalue weighted by molar-refractivity contribution is 8.26. The zero-order valence-corrected chi connectivity index (χ0v) is 10.4. The Morgan fingerprint density at radius 3 is 2.60 bits per heavy atom. The number of rotatable bonds is 3. The number of hydrogen-bond donors (Lipinski definition) is 2. The van der Waals surface area contributed by atoms with Crippen LogP contribution in [-0.2, 0) is 9.36 Å². The standard InChI is InChI=1S/C7H10NO4PS2/c1-2-5-6(9)8(7(14)15-5)3-4-13(10,11)12/h2H,3-4H2,1H3,(H2,10,11,12). The van der Waals surface area contributed by atoms with Crippen LogP contribution < -0.4 is 0 Å². The van der Waals surface area contributed by atoms with Gasteiger partial charge in [0.15, 0.2) is 0 Å². The largest absolute Gasteiger partial charge is 0.327 e. The number of allylic oxidation sites excluding steroid dienone is 1. The van der Waals surface area contributed by atoms with Gasteiger partial charge in [-0.2, -0.15) is 0 Å². The maximum absolute atomic E-state index is 11.6. The van der Waals surface area contributed by atoms with E-state index in [1.165, 1.54) is 4.90 Å². The Morgan fingerprint density at radius 1 is 1.60 bits per heavy atom. The molecule has 0 unspecified atom stereocenters. The van der Waals surface area contributed by atoms with Crippen LogP contribution in [0.5, 0.6) is 0 Å². The number of thiocarbonyl (C=S) groups is 1. The summed E-state index contributed by atoms with van der Waals surface area (Å²) < 4.78 is 11.0. The van der Waals surface area contributed by atoms with Gasteiger partial charge in [-0.15, -0.1) is 0 Å². The molecule has 8 heteroatoms. The molecule has 1 heterocycles. The molecule has 0 aliphatic carbocycles. The van der Waals surface area contributed by atoms with Crippen LogP contribution in [0.3, 0.4) is 0 Å². The van der Waals surface area contributed by atoms with Crippen LogP contribution in [0, 0.1) is 0 Å². The van der Waals surface area contributed by atoms with Crippen LogP contribution in [0.1, 0.15) is 6.92 Å². The zero-order chi connectivity index (χ0) is 11.6. The first kappa shape index (κ1) is 12.9. The average molecular weight is 267 g/mol. The van der Waals surface area contributed by atoms with E-state index in [2.05, 4.69) is 0 Å². The quantitative estimate of drug-likeness (QED) is 0.450. The van der Waals surface area contributed by atoms with Crippen LogP contribution >= 0.6 is 31.6 Å². The van der Waals surface area contributed by atoms with Gasteiger partial charge in [-0.05, 0) is 6.92 Å². The van der Waals surface area contributed by atoms with Crippen molar-refractivity contribution in [1.29, 1.82) is 0 Å². The smallest absolute Gasteiger partial charge is 0.324 e. The second-order valence-electron chi connectivity index (χ2n) is 2.87. The Morgan fingerprint density at radius 2 is 2.20 bits per heavy atom. The fourth-order valence-corrected chi connectivity index (χ4v) is 2.71. The fraction of sp³-hybridized carbons (Fsp3) is 0.429. The highest BCUT2D eigenvalue weighted by Crippen LogP contribution is 2.36. The Kier molecular flexibility index (Phi) is 4.08. The predicted octanol–water partition coefficient (Wildman–Crippen LogP) is 0.928. The topological polar surface area (TPSA) is 77.8 Å². The molecule has 1 amide bonds. The van der Waals surface area contributed by atoms with Gasteiger partial charge in [0.1, 0.15) is 4.32 Å². The third kappa shape index (κ3) is 3.39. The molecule has 1 aliphatic heterocycles. The van der Waals surface area contributed by atoms with Gasteiger partial charge >= 0.3 is 7.60 Å². The summed E-state index contributed by atoms with van der Waals surface area (Å²) in [5, 5.41) is 0. The van der Waals surface area contributed by atoms with Crippen molar-refractivity contribution in [2.45, 2.75) is 6.92 Å². The van der Waals surface area contributed by atoms with Gasteiger partial charge in [0.05, 0.1) is 11.1 Å². The van der Waals surface area contributed by atoms with Crippen molar-refractivity contribution in [1.82, 2.24) is 4.90 Å². The lowest BCUT2D eigenvalue weighted by Crippen LogP contribution is -2.30. The predicted molar refractivity (Wildman–Crippen MR) is 62.6 cm³/mol. The monoisotopic (exact) mass is 267 g/mol. The van der Waals surface area contributed by atoms with E-state index in [0.717, 1.165) is 11.8 Å².